The molecule has 0 unspecified atom stereocenters. The average Bonchev–Trinajstić information content (AvgIpc) is 2.54. The van der Waals surface area contributed by atoms with Crippen molar-refractivity contribution in [1.29, 1.82) is 0 Å². The molecule has 7 nitrogen and oxygen atoms in total. The van der Waals surface area contributed by atoms with Crippen LogP contribution in [0.15, 0.2) is 36.4 Å². The molecule has 0 fully saturated rings. The Morgan fingerprint density at radius 2 is 1.52 bits per heavy atom. The summed E-state index contributed by atoms with van der Waals surface area (Å²) >= 11 is 2.05. The Hall–Kier alpha value is -2.01. The maximum Gasteiger partial charge on any atom is 0.256 e. The smallest absolute Gasteiger partial charge is 0.256 e. The van der Waals surface area contributed by atoms with Gasteiger partial charge in [-0.15, -0.1) is 0 Å². The van der Waals surface area contributed by atoms with Crippen molar-refractivity contribution in [2.45, 2.75) is 0 Å². The SMILES string of the molecule is COc1cc(I)c(C(=O)Nc2ccc(NS(C)(=O)=O)cc2)cc1OC. The first kappa shape index (κ1) is 19.3. The molecule has 0 heterocycles. The Labute approximate surface area is 159 Å². The van der Waals surface area contributed by atoms with Crippen LogP contribution in [0.4, 0.5) is 11.4 Å². The lowest BCUT2D eigenvalue weighted by Gasteiger charge is -2.12. The van der Waals surface area contributed by atoms with Gasteiger partial charge < -0.3 is 14.8 Å². The summed E-state index contributed by atoms with van der Waals surface area (Å²) in [6.45, 7) is 0. The number of sulfonamides is 1. The summed E-state index contributed by atoms with van der Waals surface area (Å²) in [5, 5.41) is 2.76. The Balaban J connectivity index is 2.19. The van der Waals surface area contributed by atoms with Crippen LogP contribution in [-0.2, 0) is 10.0 Å². The highest BCUT2D eigenvalue weighted by molar-refractivity contribution is 14.1. The van der Waals surface area contributed by atoms with E-state index in [2.05, 4.69) is 10.0 Å². The summed E-state index contributed by atoms with van der Waals surface area (Å²) in [6, 6.07) is 9.67. The Bertz CT molecular complexity index is 882. The Morgan fingerprint density at radius 1 is 1.00 bits per heavy atom. The van der Waals surface area contributed by atoms with Crippen LogP contribution in [0, 0.1) is 3.57 Å². The minimum Gasteiger partial charge on any atom is -0.493 e. The van der Waals surface area contributed by atoms with Crippen molar-refractivity contribution >= 4 is 49.9 Å². The molecular formula is C16H17IN2O5S. The van der Waals surface area contributed by atoms with Gasteiger partial charge in [0.1, 0.15) is 0 Å². The van der Waals surface area contributed by atoms with E-state index in [-0.39, 0.29) is 5.91 Å². The van der Waals surface area contributed by atoms with Gasteiger partial charge in [-0.05, 0) is 59.0 Å². The molecular weight excluding hydrogens is 459 g/mol. The highest BCUT2D eigenvalue weighted by atomic mass is 127. The second kappa shape index (κ2) is 7.91. The van der Waals surface area contributed by atoms with Gasteiger partial charge in [-0.1, -0.05) is 0 Å². The number of halogens is 1. The van der Waals surface area contributed by atoms with Crippen molar-refractivity contribution in [3.63, 3.8) is 0 Å². The van der Waals surface area contributed by atoms with Gasteiger partial charge in [0.2, 0.25) is 10.0 Å². The maximum atomic E-state index is 12.5. The van der Waals surface area contributed by atoms with Gasteiger partial charge in [0.25, 0.3) is 5.91 Å². The van der Waals surface area contributed by atoms with Gasteiger partial charge in [-0.2, -0.15) is 0 Å². The van der Waals surface area contributed by atoms with Crippen LogP contribution < -0.4 is 19.5 Å². The van der Waals surface area contributed by atoms with Gasteiger partial charge >= 0.3 is 0 Å². The number of ether oxygens (including phenoxy) is 2. The molecule has 0 aliphatic heterocycles. The molecule has 1 amide bonds. The van der Waals surface area contributed by atoms with Crippen molar-refractivity contribution < 1.29 is 22.7 Å². The number of nitrogens with one attached hydrogen (secondary N) is 2. The zero-order valence-corrected chi connectivity index (χ0v) is 16.8. The molecule has 2 aromatic rings. The van der Waals surface area contributed by atoms with Crippen LogP contribution in [-0.4, -0.2) is 34.8 Å². The van der Waals surface area contributed by atoms with E-state index in [1.54, 1.807) is 36.4 Å². The zero-order valence-electron chi connectivity index (χ0n) is 13.8. The van der Waals surface area contributed by atoms with E-state index in [4.69, 9.17) is 9.47 Å². The number of anilines is 2. The van der Waals surface area contributed by atoms with E-state index >= 15 is 0 Å². The van der Waals surface area contributed by atoms with E-state index in [0.29, 0.717) is 32.0 Å². The Kier molecular flexibility index (Phi) is 6.11. The topological polar surface area (TPSA) is 93.7 Å². The first-order chi connectivity index (χ1) is 11.7. The van der Waals surface area contributed by atoms with E-state index in [1.807, 2.05) is 22.6 Å². The summed E-state index contributed by atoms with van der Waals surface area (Å²) in [5.41, 5.74) is 1.40. The third-order valence-electron chi connectivity index (χ3n) is 3.16. The first-order valence-corrected chi connectivity index (χ1v) is 10.0. The van der Waals surface area contributed by atoms with Crippen LogP contribution in [0.5, 0.6) is 11.5 Å². The van der Waals surface area contributed by atoms with E-state index in [1.165, 1.54) is 14.2 Å². The largest absolute Gasteiger partial charge is 0.493 e. The number of carbonyl (C=O) groups excluding carboxylic acids is 1. The van der Waals surface area contributed by atoms with Crippen molar-refractivity contribution in [1.82, 2.24) is 0 Å². The Morgan fingerprint density at radius 3 is 2.04 bits per heavy atom. The van der Waals surface area contributed by atoms with Gasteiger partial charge in [0.05, 0.1) is 26.0 Å². The molecule has 0 aromatic heterocycles. The molecule has 0 radical (unpaired) electrons. The predicted molar refractivity (Wildman–Crippen MR) is 105 cm³/mol. The van der Waals surface area contributed by atoms with Gasteiger partial charge in [0, 0.05) is 14.9 Å². The minimum absolute atomic E-state index is 0.311. The second-order valence-corrected chi connectivity index (χ2v) is 8.00. The zero-order chi connectivity index (χ0) is 18.6. The van der Waals surface area contributed by atoms with Crippen LogP contribution in [0.25, 0.3) is 0 Å². The van der Waals surface area contributed by atoms with Crippen molar-refractivity contribution in [2.75, 3.05) is 30.5 Å². The molecule has 2 rings (SSSR count). The number of hydrogen-bond donors (Lipinski definition) is 2. The standard InChI is InChI=1S/C16H17IN2O5S/c1-23-14-8-12(13(17)9-15(14)24-2)16(20)18-10-4-6-11(7-5-10)19-25(3,21)22/h4-9,19H,1-3H3,(H,18,20). The number of amides is 1. The quantitative estimate of drug-likeness (QED) is 0.626. The number of benzene rings is 2. The molecule has 25 heavy (non-hydrogen) atoms. The van der Waals surface area contributed by atoms with E-state index in [0.717, 1.165) is 6.26 Å². The van der Waals surface area contributed by atoms with Crippen molar-refractivity contribution in [3.05, 3.63) is 45.5 Å². The van der Waals surface area contributed by atoms with E-state index in [9.17, 15) is 13.2 Å². The lowest BCUT2D eigenvalue weighted by atomic mass is 10.1. The predicted octanol–water partition coefficient (Wildman–Crippen LogP) is 2.93. The molecule has 0 saturated carbocycles. The summed E-state index contributed by atoms with van der Waals surface area (Å²) in [4.78, 5) is 12.5. The fraction of sp³-hybridized carbons (Fsp3) is 0.188. The number of rotatable bonds is 6. The van der Waals surface area contributed by atoms with Crippen LogP contribution in [0.1, 0.15) is 10.4 Å². The fourth-order valence-corrected chi connectivity index (χ4v) is 3.31. The maximum absolute atomic E-state index is 12.5. The van der Waals surface area contributed by atoms with E-state index < -0.39 is 10.0 Å². The molecule has 9 heteroatoms. The number of carbonyl (C=O) groups is 1. The van der Waals surface area contributed by atoms with Crippen molar-refractivity contribution in [2.24, 2.45) is 0 Å². The van der Waals surface area contributed by atoms with Crippen LogP contribution in [0.3, 0.4) is 0 Å². The lowest BCUT2D eigenvalue weighted by Crippen LogP contribution is -2.14. The second-order valence-electron chi connectivity index (χ2n) is 5.09. The molecule has 0 atom stereocenters. The normalized spacial score (nSPS) is 10.9. The molecule has 0 aliphatic carbocycles. The molecule has 0 spiro atoms. The van der Waals surface area contributed by atoms with Crippen LogP contribution >= 0.6 is 22.6 Å². The molecule has 0 aliphatic rings. The van der Waals surface area contributed by atoms with Gasteiger partial charge in [-0.25, -0.2) is 8.42 Å². The molecule has 134 valence electrons. The summed E-state index contributed by atoms with van der Waals surface area (Å²) in [5.74, 6) is 0.689. The first-order valence-electron chi connectivity index (χ1n) is 7.04. The monoisotopic (exact) mass is 476 g/mol. The van der Waals surface area contributed by atoms with Crippen molar-refractivity contribution in [3.8, 4) is 11.5 Å². The summed E-state index contributed by atoms with van der Waals surface area (Å²) in [7, 11) is -0.313. The van der Waals surface area contributed by atoms with Crippen LogP contribution in [0.2, 0.25) is 0 Å². The van der Waals surface area contributed by atoms with Gasteiger partial charge in [0.15, 0.2) is 11.5 Å². The average molecular weight is 476 g/mol. The third-order valence-corrected chi connectivity index (χ3v) is 4.66. The lowest BCUT2D eigenvalue weighted by molar-refractivity contribution is 0.102. The molecule has 0 bridgehead atoms. The molecule has 0 saturated heterocycles. The minimum atomic E-state index is -3.34. The van der Waals surface area contributed by atoms with Gasteiger partial charge in [-0.3, -0.25) is 9.52 Å². The number of hydrogen-bond acceptors (Lipinski definition) is 5. The summed E-state index contributed by atoms with van der Waals surface area (Å²) < 4.78 is 35.9. The number of methoxy groups -OCH3 is 2. The third kappa shape index (κ3) is 5.23. The molecule has 2 N–H and O–H groups in total. The molecule has 2 aromatic carbocycles. The fourth-order valence-electron chi connectivity index (χ4n) is 2.06. The highest BCUT2D eigenvalue weighted by Crippen LogP contribution is 2.31. The highest BCUT2D eigenvalue weighted by Gasteiger charge is 2.15. The summed E-state index contributed by atoms with van der Waals surface area (Å²) in [6.07, 6.45) is 1.07.